The van der Waals surface area contributed by atoms with Gasteiger partial charge >= 0.3 is 0 Å². The molecule has 0 spiro atoms. The van der Waals surface area contributed by atoms with E-state index in [-0.39, 0.29) is 0 Å². The van der Waals surface area contributed by atoms with Crippen LogP contribution in [0.3, 0.4) is 0 Å². The largest absolute Gasteiger partial charge is 0.385 e. The lowest BCUT2D eigenvalue weighted by molar-refractivity contribution is 0.169. The maximum absolute atomic E-state index is 5.19. The van der Waals surface area contributed by atoms with Crippen molar-refractivity contribution in [2.75, 3.05) is 20.3 Å². The minimum absolute atomic E-state index is 0.353. The highest BCUT2D eigenvalue weighted by atomic mass is 16.5. The van der Waals surface area contributed by atoms with E-state index in [1.807, 2.05) is 0 Å². The summed E-state index contributed by atoms with van der Waals surface area (Å²) in [6, 6.07) is 2.55. The summed E-state index contributed by atoms with van der Waals surface area (Å²) in [5.41, 5.74) is 2.38. The monoisotopic (exact) mass is 253 g/mol. The third-order valence-corrected chi connectivity index (χ3v) is 3.32. The molecule has 4 heteroatoms. The van der Waals surface area contributed by atoms with Gasteiger partial charge in [0.2, 0.25) is 0 Å². The molecule has 0 bridgehead atoms. The molecule has 1 aromatic rings. The molecule has 0 saturated heterocycles. The van der Waals surface area contributed by atoms with Gasteiger partial charge in [0.05, 0.1) is 17.4 Å². The maximum Gasteiger partial charge on any atom is 0.0597 e. The first-order chi connectivity index (χ1) is 8.63. The fourth-order valence-electron chi connectivity index (χ4n) is 2.36. The first-order valence-corrected chi connectivity index (χ1v) is 6.90. The topological polar surface area (TPSA) is 39.1 Å². The molecule has 2 atom stereocenters. The van der Waals surface area contributed by atoms with Crippen molar-refractivity contribution in [1.29, 1.82) is 0 Å². The number of ether oxygens (including phenoxy) is 1. The van der Waals surface area contributed by atoms with E-state index >= 15 is 0 Å². The van der Waals surface area contributed by atoms with Crippen LogP contribution in [0.4, 0.5) is 0 Å². The Balaban J connectivity index is 2.88. The Hall–Kier alpha value is -0.870. The molecule has 1 rings (SSSR count). The number of rotatable bonds is 8. The lowest BCUT2D eigenvalue weighted by Crippen LogP contribution is -2.29. The second-order valence-electron chi connectivity index (χ2n) is 4.82. The van der Waals surface area contributed by atoms with Gasteiger partial charge in [-0.1, -0.05) is 13.8 Å². The summed E-state index contributed by atoms with van der Waals surface area (Å²) in [5, 5.41) is 8.12. The maximum atomic E-state index is 5.19. The first kappa shape index (κ1) is 15.2. The minimum atomic E-state index is 0.353. The zero-order valence-corrected chi connectivity index (χ0v) is 12.4. The molecule has 0 saturated carbocycles. The molecule has 18 heavy (non-hydrogen) atoms. The highest BCUT2D eigenvalue weighted by Crippen LogP contribution is 2.25. The number of hydrogen-bond acceptors (Lipinski definition) is 3. The Labute approximate surface area is 111 Å². The average Bonchev–Trinajstić information content (AvgIpc) is 2.73. The lowest BCUT2D eigenvalue weighted by atomic mass is 9.95. The second-order valence-corrected chi connectivity index (χ2v) is 4.82. The molecule has 1 N–H and O–H groups in total. The summed E-state index contributed by atoms with van der Waals surface area (Å²) in [5.74, 6) is 0.534. The van der Waals surface area contributed by atoms with Gasteiger partial charge < -0.3 is 10.1 Å². The molecule has 0 aliphatic carbocycles. The van der Waals surface area contributed by atoms with Crippen LogP contribution in [-0.4, -0.2) is 30.0 Å². The van der Waals surface area contributed by atoms with E-state index in [4.69, 9.17) is 4.74 Å². The summed E-state index contributed by atoms with van der Waals surface area (Å²) in [7, 11) is 1.76. The molecule has 0 aliphatic rings. The van der Waals surface area contributed by atoms with E-state index in [1.165, 1.54) is 5.69 Å². The predicted molar refractivity (Wildman–Crippen MR) is 74.7 cm³/mol. The molecule has 104 valence electrons. The number of aryl methyl sites for hydroxylation is 2. The SMILES string of the molecule is CCNC(c1cc(C)nn1CC)C(C)CCOC. The number of nitrogens with zero attached hydrogens (tertiary/aromatic N) is 2. The summed E-state index contributed by atoms with van der Waals surface area (Å²) >= 11 is 0. The molecule has 0 amide bonds. The van der Waals surface area contributed by atoms with Crippen LogP contribution >= 0.6 is 0 Å². The number of hydrogen-bond donors (Lipinski definition) is 1. The molecule has 0 aromatic carbocycles. The van der Waals surface area contributed by atoms with Crippen molar-refractivity contribution in [3.63, 3.8) is 0 Å². The van der Waals surface area contributed by atoms with Crippen LogP contribution in [-0.2, 0) is 11.3 Å². The van der Waals surface area contributed by atoms with E-state index < -0.39 is 0 Å². The van der Waals surface area contributed by atoms with Crippen LogP contribution in [0.25, 0.3) is 0 Å². The van der Waals surface area contributed by atoms with E-state index in [9.17, 15) is 0 Å². The molecule has 4 nitrogen and oxygen atoms in total. The van der Waals surface area contributed by atoms with Gasteiger partial charge in [0.1, 0.15) is 0 Å². The smallest absolute Gasteiger partial charge is 0.0597 e. The van der Waals surface area contributed by atoms with Crippen LogP contribution in [0.5, 0.6) is 0 Å². The van der Waals surface area contributed by atoms with E-state index in [1.54, 1.807) is 7.11 Å². The minimum Gasteiger partial charge on any atom is -0.385 e. The molecule has 1 heterocycles. The van der Waals surface area contributed by atoms with Crippen molar-refractivity contribution in [3.8, 4) is 0 Å². The van der Waals surface area contributed by atoms with Crippen molar-refractivity contribution >= 4 is 0 Å². The van der Waals surface area contributed by atoms with Gasteiger partial charge in [-0.05, 0) is 38.8 Å². The summed E-state index contributed by atoms with van der Waals surface area (Å²) in [6.45, 7) is 11.3. The fraction of sp³-hybridized carbons (Fsp3) is 0.786. The quantitative estimate of drug-likeness (QED) is 0.774. The number of nitrogens with one attached hydrogen (secondary N) is 1. The molecule has 0 aliphatic heterocycles. The Morgan fingerprint density at radius 3 is 2.72 bits per heavy atom. The summed E-state index contributed by atoms with van der Waals surface area (Å²) in [4.78, 5) is 0. The van der Waals surface area contributed by atoms with Crippen molar-refractivity contribution in [2.45, 2.75) is 46.7 Å². The summed E-state index contributed by atoms with van der Waals surface area (Å²) < 4.78 is 7.29. The van der Waals surface area contributed by atoms with Gasteiger partial charge in [0.25, 0.3) is 0 Å². The fourth-order valence-corrected chi connectivity index (χ4v) is 2.36. The normalized spacial score (nSPS) is 14.7. The van der Waals surface area contributed by atoms with Crippen LogP contribution in [0.1, 0.15) is 44.6 Å². The van der Waals surface area contributed by atoms with E-state index in [0.29, 0.717) is 12.0 Å². The Kier molecular flexibility index (Phi) is 6.36. The van der Waals surface area contributed by atoms with Crippen LogP contribution in [0.15, 0.2) is 6.07 Å². The number of aromatic nitrogens is 2. The number of methoxy groups -OCH3 is 1. The van der Waals surface area contributed by atoms with Gasteiger partial charge in [0, 0.05) is 20.3 Å². The summed E-state index contributed by atoms with van der Waals surface area (Å²) in [6.07, 6.45) is 1.06. The third-order valence-electron chi connectivity index (χ3n) is 3.32. The van der Waals surface area contributed by atoms with Gasteiger partial charge in [-0.2, -0.15) is 5.10 Å². The Bertz CT molecular complexity index is 349. The van der Waals surface area contributed by atoms with Crippen molar-refractivity contribution in [1.82, 2.24) is 15.1 Å². The highest BCUT2D eigenvalue weighted by Gasteiger charge is 2.22. The van der Waals surface area contributed by atoms with Crippen molar-refractivity contribution < 1.29 is 4.74 Å². The van der Waals surface area contributed by atoms with Crippen LogP contribution in [0, 0.1) is 12.8 Å². The van der Waals surface area contributed by atoms with E-state index in [2.05, 4.69) is 48.9 Å². The van der Waals surface area contributed by atoms with Crippen molar-refractivity contribution in [3.05, 3.63) is 17.5 Å². The molecule has 1 aromatic heterocycles. The molecular formula is C14H27N3O. The van der Waals surface area contributed by atoms with E-state index in [0.717, 1.165) is 31.8 Å². The van der Waals surface area contributed by atoms with Crippen molar-refractivity contribution in [2.24, 2.45) is 5.92 Å². The molecule has 0 radical (unpaired) electrons. The second kappa shape index (κ2) is 7.54. The van der Waals surface area contributed by atoms with Gasteiger partial charge in [-0.15, -0.1) is 0 Å². The third kappa shape index (κ3) is 3.82. The van der Waals surface area contributed by atoms with Gasteiger partial charge in [-0.25, -0.2) is 0 Å². The Morgan fingerprint density at radius 2 is 2.17 bits per heavy atom. The average molecular weight is 253 g/mol. The lowest BCUT2D eigenvalue weighted by Gasteiger charge is -2.25. The van der Waals surface area contributed by atoms with Crippen LogP contribution in [0.2, 0.25) is 0 Å². The zero-order chi connectivity index (χ0) is 13.5. The zero-order valence-electron chi connectivity index (χ0n) is 12.4. The molecule has 0 fully saturated rings. The predicted octanol–water partition coefficient (Wildman–Crippen LogP) is 2.53. The molecular weight excluding hydrogens is 226 g/mol. The standard InChI is InChI=1S/C14H27N3O/c1-6-15-14(11(3)8-9-18-5)13-10-12(4)16-17(13)7-2/h10-11,14-15H,6-9H2,1-5H3. The Morgan fingerprint density at radius 1 is 1.44 bits per heavy atom. The van der Waals surface area contributed by atoms with Crippen LogP contribution < -0.4 is 5.32 Å². The highest BCUT2D eigenvalue weighted by molar-refractivity contribution is 5.14. The first-order valence-electron chi connectivity index (χ1n) is 6.90. The van der Waals surface area contributed by atoms with Gasteiger partial charge in [0.15, 0.2) is 0 Å². The van der Waals surface area contributed by atoms with Gasteiger partial charge in [-0.3, -0.25) is 4.68 Å². The molecule has 2 unspecified atom stereocenters.